The van der Waals surface area contributed by atoms with Crippen LogP contribution < -0.4 is 0 Å². The van der Waals surface area contributed by atoms with Crippen LogP contribution in [0, 0.1) is 11.3 Å². The molecule has 0 radical (unpaired) electrons. The fraction of sp³-hybridized carbons (Fsp3) is 0.0222. The molecule has 3 heterocycles. The van der Waals surface area contributed by atoms with Gasteiger partial charge in [-0.05, 0) is 127 Å². The van der Waals surface area contributed by atoms with Crippen LogP contribution in [0.3, 0.4) is 0 Å². The third-order valence-corrected chi connectivity index (χ3v) is 9.48. The quantitative estimate of drug-likeness (QED) is 0.191. The van der Waals surface area contributed by atoms with Crippen molar-refractivity contribution in [1.82, 2.24) is 15.0 Å². The van der Waals surface area contributed by atoms with Gasteiger partial charge in [0.1, 0.15) is 0 Å². The highest BCUT2D eigenvalue weighted by Gasteiger charge is 2.25. The summed E-state index contributed by atoms with van der Waals surface area (Å²) in [7, 11) is 0. The van der Waals surface area contributed by atoms with E-state index in [1.54, 1.807) is 12.4 Å². The smallest absolute Gasteiger partial charge is 0.0991 e. The molecule has 0 saturated carbocycles. The van der Waals surface area contributed by atoms with Gasteiger partial charge in [-0.2, -0.15) is 5.26 Å². The summed E-state index contributed by atoms with van der Waals surface area (Å²) in [6.45, 7) is 0. The average molecular weight is 625 g/mol. The Morgan fingerprint density at radius 2 is 1.08 bits per heavy atom. The van der Waals surface area contributed by atoms with E-state index in [1.807, 2.05) is 48.5 Å². The highest BCUT2D eigenvalue weighted by Crippen LogP contribution is 2.48. The van der Waals surface area contributed by atoms with E-state index in [-0.39, 0.29) is 0 Å². The van der Waals surface area contributed by atoms with E-state index in [0.29, 0.717) is 5.56 Å². The maximum atomic E-state index is 9.37. The lowest BCUT2D eigenvalue weighted by Crippen LogP contribution is -1.94. The molecule has 0 spiro atoms. The third-order valence-electron chi connectivity index (χ3n) is 9.48. The van der Waals surface area contributed by atoms with Crippen molar-refractivity contribution >= 4 is 10.8 Å². The Bertz CT molecular complexity index is 2490. The Kier molecular flexibility index (Phi) is 6.88. The van der Waals surface area contributed by atoms with Crippen molar-refractivity contribution in [2.45, 2.75) is 6.42 Å². The topological polar surface area (TPSA) is 62.5 Å². The van der Waals surface area contributed by atoms with Gasteiger partial charge in [0.2, 0.25) is 0 Å². The number of rotatable bonds is 5. The molecule has 49 heavy (non-hydrogen) atoms. The number of nitriles is 1. The first-order valence-electron chi connectivity index (χ1n) is 16.4. The normalized spacial score (nSPS) is 11.6. The van der Waals surface area contributed by atoms with Crippen LogP contribution >= 0.6 is 0 Å². The largest absolute Gasteiger partial charge is 0.255 e. The van der Waals surface area contributed by atoms with E-state index in [0.717, 1.165) is 51.5 Å². The molecule has 1 aliphatic rings. The van der Waals surface area contributed by atoms with E-state index in [2.05, 4.69) is 113 Å². The van der Waals surface area contributed by atoms with E-state index in [9.17, 15) is 5.26 Å². The van der Waals surface area contributed by atoms with Crippen LogP contribution in [0.1, 0.15) is 16.7 Å². The van der Waals surface area contributed by atoms with Crippen molar-refractivity contribution in [2.75, 3.05) is 0 Å². The van der Waals surface area contributed by atoms with E-state index >= 15 is 0 Å². The molecule has 4 heteroatoms. The summed E-state index contributed by atoms with van der Waals surface area (Å²) >= 11 is 0. The van der Waals surface area contributed by atoms with E-state index in [4.69, 9.17) is 4.98 Å². The zero-order valence-corrected chi connectivity index (χ0v) is 26.5. The molecule has 1 aliphatic carbocycles. The van der Waals surface area contributed by atoms with Crippen LogP contribution in [0.15, 0.2) is 158 Å². The first kappa shape index (κ1) is 28.5. The van der Waals surface area contributed by atoms with Gasteiger partial charge in [0.15, 0.2) is 0 Å². The van der Waals surface area contributed by atoms with Crippen LogP contribution in [0.2, 0.25) is 0 Å². The monoisotopic (exact) mass is 624 g/mol. The molecule has 5 aromatic carbocycles. The lowest BCUT2D eigenvalue weighted by atomic mass is 9.88. The molecule has 0 N–H and O–H groups in total. The van der Waals surface area contributed by atoms with Crippen LogP contribution in [-0.4, -0.2) is 15.0 Å². The van der Waals surface area contributed by atoms with E-state index < -0.39 is 0 Å². The van der Waals surface area contributed by atoms with Crippen molar-refractivity contribution in [3.63, 3.8) is 0 Å². The predicted molar refractivity (Wildman–Crippen MR) is 197 cm³/mol. The van der Waals surface area contributed by atoms with Gasteiger partial charge in [0.05, 0.1) is 34.4 Å². The Morgan fingerprint density at radius 1 is 0.469 bits per heavy atom. The Balaban J connectivity index is 1.17. The summed E-state index contributed by atoms with van der Waals surface area (Å²) in [5.74, 6) is 0. The molecular weight excluding hydrogens is 597 g/mol. The van der Waals surface area contributed by atoms with Crippen molar-refractivity contribution in [3.05, 3.63) is 175 Å². The van der Waals surface area contributed by atoms with Crippen molar-refractivity contribution in [2.24, 2.45) is 0 Å². The predicted octanol–water partition coefficient (Wildman–Crippen LogP) is 10.8. The molecule has 0 amide bonds. The summed E-state index contributed by atoms with van der Waals surface area (Å²) < 4.78 is 0. The molecule has 3 aromatic heterocycles. The molecule has 0 bridgehead atoms. The van der Waals surface area contributed by atoms with Crippen molar-refractivity contribution in [3.8, 4) is 73.4 Å². The zero-order valence-electron chi connectivity index (χ0n) is 26.5. The number of aromatic nitrogens is 3. The summed E-state index contributed by atoms with van der Waals surface area (Å²) in [6.07, 6.45) is 4.49. The van der Waals surface area contributed by atoms with Crippen LogP contribution in [-0.2, 0) is 6.42 Å². The van der Waals surface area contributed by atoms with E-state index in [1.165, 1.54) is 44.2 Å². The van der Waals surface area contributed by atoms with Gasteiger partial charge >= 0.3 is 0 Å². The fourth-order valence-electron chi connectivity index (χ4n) is 7.14. The second-order valence-electron chi connectivity index (χ2n) is 12.3. The Labute approximate surface area is 284 Å². The minimum atomic E-state index is 0.668. The number of pyridine rings is 3. The summed E-state index contributed by atoms with van der Waals surface area (Å²) in [6, 6.07) is 52.8. The number of nitrogens with zero attached hydrogens (tertiary/aromatic N) is 4. The highest BCUT2D eigenvalue weighted by molar-refractivity contribution is 6.06. The SMILES string of the molecule is N#Cc1ccc(-c2cccc3c2-c2cc(-c4ccc(-c5cc(-c6ccccn6)nc(-c6ccccn6)c5)cc4)c4ccccc4c2C3)cc1. The van der Waals surface area contributed by atoms with Crippen molar-refractivity contribution in [1.29, 1.82) is 5.26 Å². The third kappa shape index (κ3) is 5.06. The molecule has 0 fully saturated rings. The summed E-state index contributed by atoms with van der Waals surface area (Å²) in [5, 5.41) is 11.9. The average Bonchev–Trinajstić information content (AvgIpc) is 3.57. The maximum Gasteiger partial charge on any atom is 0.0991 e. The Hall–Kier alpha value is -6.70. The molecule has 8 aromatic rings. The maximum absolute atomic E-state index is 9.37. The molecule has 4 nitrogen and oxygen atoms in total. The van der Waals surface area contributed by atoms with Crippen LogP contribution in [0.4, 0.5) is 0 Å². The van der Waals surface area contributed by atoms with Gasteiger partial charge < -0.3 is 0 Å². The van der Waals surface area contributed by atoms with Crippen LogP contribution in [0.25, 0.3) is 78.1 Å². The minimum Gasteiger partial charge on any atom is -0.255 e. The van der Waals surface area contributed by atoms with Gasteiger partial charge in [-0.25, -0.2) is 4.98 Å². The first-order chi connectivity index (χ1) is 24.2. The van der Waals surface area contributed by atoms with Gasteiger partial charge in [0.25, 0.3) is 0 Å². The van der Waals surface area contributed by atoms with Gasteiger partial charge in [-0.15, -0.1) is 0 Å². The lowest BCUT2D eigenvalue weighted by molar-refractivity contribution is 1.22. The fourth-order valence-corrected chi connectivity index (χ4v) is 7.14. The molecule has 0 aliphatic heterocycles. The van der Waals surface area contributed by atoms with Gasteiger partial charge in [-0.3, -0.25) is 9.97 Å². The zero-order chi connectivity index (χ0) is 32.7. The second-order valence-corrected chi connectivity index (χ2v) is 12.3. The van der Waals surface area contributed by atoms with Crippen molar-refractivity contribution < 1.29 is 0 Å². The minimum absolute atomic E-state index is 0.668. The molecule has 0 unspecified atom stereocenters. The molecule has 9 rings (SSSR count). The molecule has 228 valence electrons. The number of benzene rings is 5. The number of fused-ring (bicyclic) bond motifs is 5. The second kappa shape index (κ2) is 11.8. The molecule has 0 atom stereocenters. The lowest BCUT2D eigenvalue weighted by Gasteiger charge is -2.15. The van der Waals surface area contributed by atoms with Gasteiger partial charge in [-0.1, -0.05) is 91.0 Å². The molecular formula is C45H28N4. The molecule has 0 saturated heterocycles. The number of hydrogen-bond acceptors (Lipinski definition) is 4. The van der Waals surface area contributed by atoms with Gasteiger partial charge in [0, 0.05) is 12.4 Å². The Morgan fingerprint density at radius 3 is 1.73 bits per heavy atom. The number of hydrogen-bond donors (Lipinski definition) is 0. The standard InChI is InChI=1S/C45H28N4/c46-28-29-14-16-31(17-15-29)35-11-7-8-33-24-39-37-10-2-1-9-36(37)38(27-40(39)45(33)35)32-20-18-30(19-21-32)34-25-43(41-12-3-5-22-47-41)49-44(26-34)42-13-4-6-23-48-42/h1-23,25-27H,24H2. The first-order valence-corrected chi connectivity index (χ1v) is 16.4. The summed E-state index contributed by atoms with van der Waals surface area (Å²) in [4.78, 5) is 14.1. The van der Waals surface area contributed by atoms with Crippen LogP contribution in [0.5, 0.6) is 0 Å². The summed E-state index contributed by atoms with van der Waals surface area (Å²) in [5.41, 5.74) is 16.0. The highest BCUT2D eigenvalue weighted by atomic mass is 14.8.